The number of methoxy groups -OCH3 is 1. The Balaban J connectivity index is 2.36. The van der Waals surface area contributed by atoms with E-state index >= 15 is 0 Å². The molecule has 1 aromatic heterocycles. The normalized spacial score (nSPS) is 15.8. The van der Waals surface area contributed by atoms with E-state index in [1.807, 2.05) is 6.07 Å². The van der Waals surface area contributed by atoms with Crippen LogP contribution >= 0.6 is 23.2 Å². The van der Waals surface area contributed by atoms with Crippen LogP contribution in [0.25, 0.3) is 11.1 Å². The first-order valence-corrected chi connectivity index (χ1v) is 6.28. The highest BCUT2D eigenvalue weighted by atomic mass is 35.5. The second-order valence-electron chi connectivity index (χ2n) is 4.11. The molecule has 4 nitrogen and oxygen atoms in total. The van der Waals surface area contributed by atoms with E-state index in [9.17, 15) is 4.79 Å². The molecule has 0 saturated carbocycles. The molecule has 2 aromatic rings. The molecule has 0 aliphatic heterocycles. The van der Waals surface area contributed by atoms with Gasteiger partial charge in [-0.15, -0.1) is 0 Å². The molecule has 0 radical (unpaired) electrons. The average Bonchev–Trinajstić information content (AvgIpc) is 2.70. The maximum atomic E-state index is 11.4. The van der Waals surface area contributed by atoms with Crippen molar-refractivity contribution in [3.05, 3.63) is 39.8 Å². The average molecular weight is 295 g/mol. The number of nitrogens with zero attached hydrogens (tertiary/aromatic N) is 2. The van der Waals surface area contributed by atoms with E-state index in [2.05, 4.69) is 9.97 Å². The van der Waals surface area contributed by atoms with E-state index in [4.69, 9.17) is 27.9 Å². The summed E-state index contributed by atoms with van der Waals surface area (Å²) in [5.74, 6) is -0.124. The van der Waals surface area contributed by atoms with Crippen LogP contribution in [-0.4, -0.2) is 23.4 Å². The number of aromatic nitrogens is 2. The molecular formula is C13H8Cl2N2O2. The van der Waals surface area contributed by atoms with Gasteiger partial charge in [0.25, 0.3) is 0 Å². The van der Waals surface area contributed by atoms with Crippen LogP contribution in [-0.2, 0) is 4.79 Å². The molecule has 0 bridgehead atoms. The standard InChI is InChI=1S/C13H8Cl2N2O2/c1-19-12-10-7-3-2-6(14)4-8(7)9(5-18)11(10)16-13(15)17-12/h2-5,9H,1H3. The Morgan fingerprint density at radius 1 is 1.32 bits per heavy atom. The summed E-state index contributed by atoms with van der Waals surface area (Å²) in [5.41, 5.74) is 2.91. The second kappa shape index (κ2) is 4.47. The van der Waals surface area contributed by atoms with Crippen molar-refractivity contribution in [2.75, 3.05) is 7.11 Å². The van der Waals surface area contributed by atoms with Crippen LogP contribution in [0.15, 0.2) is 18.2 Å². The summed E-state index contributed by atoms with van der Waals surface area (Å²) in [6.45, 7) is 0. The summed E-state index contributed by atoms with van der Waals surface area (Å²) in [4.78, 5) is 19.6. The molecule has 0 saturated heterocycles. The molecule has 96 valence electrons. The van der Waals surface area contributed by atoms with E-state index in [1.165, 1.54) is 7.11 Å². The number of halogens is 2. The molecule has 0 N–H and O–H groups in total. The monoisotopic (exact) mass is 294 g/mol. The number of carbonyl (C=O) groups excluding carboxylic acids is 1. The van der Waals surface area contributed by atoms with Gasteiger partial charge in [0, 0.05) is 5.02 Å². The van der Waals surface area contributed by atoms with Gasteiger partial charge in [-0.1, -0.05) is 17.7 Å². The van der Waals surface area contributed by atoms with Gasteiger partial charge in [-0.3, -0.25) is 0 Å². The molecule has 1 aliphatic rings. The van der Waals surface area contributed by atoms with E-state index < -0.39 is 5.92 Å². The van der Waals surface area contributed by atoms with Gasteiger partial charge in [0.15, 0.2) is 0 Å². The fraction of sp³-hybridized carbons (Fsp3) is 0.154. The highest BCUT2D eigenvalue weighted by Crippen LogP contribution is 2.47. The van der Waals surface area contributed by atoms with Crippen LogP contribution in [0.5, 0.6) is 5.88 Å². The van der Waals surface area contributed by atoms with Crippen LogP contribution in [0.3, 0.4) is 0 Å². The fourth-order valence-corrected chi connectivity index (χ4v) is 2.71. The van der Waals surface area contributed by atoms with Gasteiger partial charge in [0.05, 0.1) is 24.3 Å². The second-order valence-corrected chi connectivity index (χ2v) is 4.88. The van der Waals surface area contributed by atoms with Crippen LogP contribution in [0.4, 0.5) is 0 Å². The van der Waals surface area contributed by atoms with Crippen molar-refractivity contribution in [3.63, 3.8) is 0 Å². The summed E-state index contributed by atoms with van der Waals surface area (Å²) in [5, 5.41) is 0.623. The Kier molecular flexibility index (Phi) is 2.92. The largest absolute Gasteiger partial charge is 0.480 e. The Morgan fingerprint density at radius 3 is 2.79 bits per heavy atom. The lowest BCUT2D eigenvalue weighted by Crippen LogP contribution is -2.02. The molecule has 3 rings (SSSR count). The van der Waals surface area contributed by atoms with Crippen molar-refractivity contribution in [1.29, 1.82) is 0 Å². The van der Waals surface area contributed by atoms with Gasteiger partial charge >= 0.3 is 0 Å². The molecule has 0 fully saturated rings. The fourth-order valence-electron chi connectivity index (χ4n) is 2.36. The molecular weight excluding hydrogens is 287 g/mol. The number of aldehydes is 1. The summed E-state index contributed by atoms with van der Waals surface area (Å²) in [7, 11) is 1.50. The van der Waals surface area contributed by atoms with Crippen molar-refractivity contribution in [2.24, 2.45) is 0 Å². The lowest BCUT2D eigenvalue weighted by Gasteiger charge is -2.07. The number of carbonyl (C=O) groups is 1. The van der Waals surface area contributed by atoms with Crippen LogP contribution in [0.1, 0.15) is 17.2 Å². The summed E-state index contributed by atoms with van der Waals surface area (Å²) in [6, 6.07) is 5.34. The van der Waals surface area contributed by atoms with Crippen molar-refractivity contribution in [1.82, 2.24) is 9.97 Å². The van der Waals surface area contributed by atoms with E-state index in [0.29, 0.717) is 22.2 Å². The number of benzene rings is 1. The third-order valence-electron chi connectivity index (χ3n) is 3.12. The van der Waals surface area contributed by atoms with E-state index in [-0.39, 0.29) is 5.28 Å². The molecule has 1 aromatic carbocycles. The molecule has 1 heterocycles. The van der Waals surface area contributed by atoms with Gasteiger partial charge in [-0.2, -0.15) is 4.98 Å². The zero-order valence-corrected chi connectivity index (χ0v) is 11.4. The van der Waals surface area contributed by atoms with Crippen LogP contribution in [0, 0.1) is 0 Å². The highest BCUT2D eigenvalue weighted by molar-refractivity contribution is 6.31. The highest BCUT2D eigenvalue weighted by Gasteiger charge is 2.34. The van der Waals surface area contributed by atoms with Gasteiger partial charge in [-0.25, -0.2) is 4.98 Å². The number of hydrogen-bond acceptors (Lipinski definition) is 4. The van der Waals surface area contributed by atoms with Gasteiger partial charge < -0.3 is 9.53 Å². The van der Waals surface area contributed by atoms with Crippen LogP contribution in [0.2, 0.25) is 10.3 Å². The van der Waals surface area contributed by atoms with Crippen molar-refractivity contribution in [2.45, 2.75) is 5.92 Å². The first-order chi connectivity index (χ1) is 9.15. The number of ether oxygens (including phenoxy) is 1. The summed E-state index contributed by atoms with van der Waals surface area (Å²) in [6.07, 6.45) is 0.823. The molecule has 1 aliphatic carbocycles. The maximum Gasteiger partial charge on any atom is 0.225 e. The van der Waals surface area contributed by atoms with Gasteiger partial charge in [-0.05, 0) is 34.9 Å². The lowest BCUT2D eigenvalue weighted by atomic mass is 10.0. The van der Waals surface area contributed by atoms with Gasteiger partial charge in [0.2, 0.25) is 11.2 Å². The van der Waals surface area contributed by atoms with Gasteiger partial charge in [0.1, 0.15) is 6.29 Å². The number of hydrogen-bond donors (Lipinski definition) is 0. The molecule has 0 spiro atoms. The predicted octanol–water partition coefficient (Wildman–Crippen LogP) is 3.10. The third-order valence-corrected chi connectivity index (χ3v) is 3.52. The Morgan fingerprint density at radius 2 is 2.11 bits per heavy atom. The number of rotatable bonds is 2. The summed E-state index contributed by atoms with van der Waals surface area (Å²) >= 11 is 11.8. The zero-order valence-electron chi connectivity index (χ0n) is 9.85. The van der Waals surface area contributed by atoms with Crippen molar-refractivity contribution < 1.29 is 9.53 Å². The SMILES string of the molecule is COc1nc(Cl)nc2c1-c1ccc(Cl)cc1C2C=O. The maximum absolute atomic E-state index is 11.4. The quantitative estimate of drug-likeness (QED) is 0.631. The first-order valence-electron chi connectivity index (χ1n) is 5.52. The minimum atomic E-state index is -0.488. The summed E-state index contributed by atoms with van der Waals surface area (Å²) < 4.78 is 5.23. The Bertz CT molecular complexity index is 689. The Labute approximate surface area is 119 Å². The van der Waals surface area contributed by atoms with Crippen LogP contribution < -0.4 is 4.74 Å². The molecule has 6 heteroatoms. The third kappa shape index (κ3) is 1.79. The Hall–Kier alpha value is -1.65. The molecule has 19 heavy (non-hydrogen) atoms. The molecule has 1 unspecified atom stereocenters. The predicted molar refractivity (Wildman–Crippen MR) is 71.9 cm³/mol. The lowest BCUT2D eigenvalue weighted by molar-refractivity contribution is -0.108. The topological polar surface area (TPSA) is 52.1 Å². The smallest absolute Gasteiger partial charge is 0.225 e. The minimum absolute atomic E-state index is 0.0568. The van der Waals surface area contributed by atoms with E-state index in [0.717, 1.165) is 17.4 Å². The molecule has 1 atom stereocenters. The van der Waals surface area contributed by atoms with Crippen molar-refractivity contribution in [3.8, 4) is 17.0 Å². The zero-order chi connectivity index (χ0) is 13.6. The molecule has 0 amide bonds. The van der Waals surface area contributed by atoms with Crippen molar-refractivity contribution >= 4 is 29.5 Å². The van der Waals surface area contributed by atoms with E-state index in [1.54, 1.807) is 12.1 Å². The number of fused-ring (bicyclic) bond motifs is 3. The first kappa shape index (κ1) is 12.4. The minimum Gasteiger partial charge on any atom is -0.480 e.